The van der Waals surface area contributed by atoms with E-state index in [9.17, 15) is 9.90 Å². The van der Waals surface area contributed by atoms with Crippen LogP contribution in [0.3, 0.4) is 0 Å². The Morgan fingerprint density at radius 1 is 1.21 bits per heavy atom. The molecule has 3 nitrogen and oxygen atoms in total. The lowest BCUT2D eigenvalue weighted by Gasteiger charge is -2.39. The Hall–Kier alpha value is -2.26. The second kappa shape index (κ2) is 5.67. The molecule has 3 atom stereocenters. The van der Waals surface area contributed by atoms with Gasteiger partial charge < -0.3 is 10.4 Å². The summed E-state index contributed by atoms with van der Waals surface area (Å²) < 4.78 is 0. The Morgan fingerprint density at radius 3 is 2.75 bits per heavy atom. The highest BCUT2D eigenvalue weighted by Gasteiger charge is 2.39. The van der Waals surface area contributed by atoms with Crippen molar-refractivity contribution in [3.05, 3.63) is 75.8 Å². The molecule has 0 fully saturated rings. The maximum atomic E-state index is 11.5. The number of allylic oxidation sites excluding steroid dienone is 2. The van der Waals surface area contributed by atoms with Gasteiger partial charge >= 0.3 is 5.97 Å². The van der Waals surface area contributed by atoms with Gasteiger partial charge in [0.1, 0.15) is 0 Å². The van der Waals surface area contributed by atoms with Crippen LogP contribution in [0.15, 0.2) is 48.6 Å². The Morgan fingerprint density at radius 2 is 2.00 bits per heavy atom. The molecule has 2 aromatic carbocycles. The number of halogens is 1. The molecule has 1 aliphatic carbocycles. The number of aromatic carboxylic acids is 1. The van der Waals surface area contributed by atoms with Crippen molar-refractivity contribution in [2.75, 3.05) is 5.32 Å². The molecule has 1 aliphatic heterocycles. The lowest BCUT2D eigenvalue weighted by Crippen LogP contribution is -2.30. The fourth-order valence-corrected chi connectivity index (χ4v) is 4.33. The van der Waals surface area contributed by atoms with E-state index in [1.54, 1.807) is 6.07 Å². The average molecular weight is 340 g/mol. The smallest absolute Gasteiger partial charge is 0.336 e. The third kappa shape index (κ3) is 2.23. The van der Waals surface area contributed by atoms with E-state index in [0.717, 1.165) is 28.3 Å². The zero-order valence-corrected chi connectivity index (χ0v) is 14.0. The molecule has 4 rings (SSSR count). The number of nitrogens with one attached hydrogen (secondary N) is 1. The highest BCUT2D eigenvalue weighted by Crippen LogP contribution is 2.51. The molecule has 2 N–H and O–H groups in total. The topological polar surface area (TPSA) is 49.3 Å². The highest BCUT2D eigenvalue weighted by molar-refractivity contribution is 6.31. The number of fused-ring (bicyclic) bond motifs is 3. The number of carboxylic acids is 1. The van der Waals surface area contributed by atoms with E-state index in [2.05, 4.69) is 23.5 Å². The van der Waals surface area contributed by atoms with Crippen LogP contribution < -0.4 is 5.32 Å². The number of anilines is 1. The quantitative estimate of drug-likeness (QED) is 0.742. The third-order valence-electron chi connectivity index (χ3n) is 5.27. The Bertz CT molecular complexity index is 859. The zero-order chi connectivity index (χ0) is 16.8. The normalized spacial score (nSPS) is 24.2. The van der Waals surface area contributed by atoms with Gasteiger partial charge in [0.05, 0.1) is 11.6 Å². The van der Waals surface area contributed by atoms with Gasteiger partial charge in [0.2, 0.25) is 0 Å². The molecule has 1 heterocycles. The van der Waals surface area contributed by atoms with Crippen molar-refractivity contribution in [3.63, 3.8) is 0 Å². The van der Waals surface area contributed by atoms with Gasteiger partial charge in [-0.2, -0.15) is 0 Å². The van der Waals surface area contributed by atoms with Crippen LogP contribution in [0.2, 0.25) is 5.02 Å². The van der Waals surface area contributed by atoms with E-state index in [1.165, 1.54) is 5.56 Å². The molecule has 2 aromatic rings. The minimum absolute atomic E-state index is 0.0777. The number of hydrogen-bond acceptors (Lipinski definition) is 2. The second-order valence-electron chi connectivity index (χ2n) is 6.50. The van der Waals surface area contributed by atoms with E-state index >= 15 is 0 Å². The van der Waals surface area contributed by atoms with Crippen molar-refractivity contribution in [3.8, 4) is 0 Å². The SMILES string of the molecule is Cc1c(C(=O)O)ccc2c1N[C@@H](c1ccccc1Cl)[C@H]1CC=C[C@H]21. The maximum absolute atomic E-state index is 11.5. The first-order chi connectivity index (χ1) is 11.6. The molecule has 24 heavy (non-hydrogen) atoms. The van der Waals surface area contributed by atoms with Crippen molar-refractivity contribution in [2.24, 2.45) is 5.92 Å². The summed E-state index contributed by atoms with van der Waals surface area (Å²) in [5, 5.41) is 13.8. The van der Waals surface area contributed by atoms with Gasteiger partial charge in [-0.3, -0.25) is 0 Å². The number of carboxylic acid groups (broad SMARTS) is 1. The molecule has 0 aromatic heterocycles. The number of hydrogen-bond donors (Lipinski definition) is 2. The van der Waals surface area contributed by atoms with Crippen LogP contribution in [-0.4, -0.2) is 11.1 Å². The van der Waals surface area contributed by atoms with E-state index in [4.69, 9.17) is 11.6 Å². The molecule has 0 bridgehead atoms. The van der Waals surface area contributed by atoms with Crippen LogP contribution in [0, 0.1) is 12.8 Å². The summed E-state index contributed by atoms with van der Waals surface area (Å²) in [4.78, 5) is 11.5. The number of rotatable bonds is 2. The van der Waals surface area contributed by atoms with Crippen molar-refractivity contribution in [2.45, 2.75) is 25.3 Å². The first kappa shape index (κ1) is 15.3. The predicted octanol–water partition coefficient (Wildman–Crippen LogP) is 5.17. The fourth-order valence-electron chi connectivity index (χ4n) is 4.08. The van der Waals surface area contributed by atoms with E-state index < -0.39 is 5.97 Å². The van der Waals surface area contributed by atoms with Crippen LogP contribution in [0.5, 0.6) is 0 Å². The molecule has 0 radical (unpaired) electrons. The van der Waals surface area contributed by atoms with Crippen LogP contribution in [-0.2, 0) is 0 Å². The van der Waals surface area contributed by atoms with Gasteiger partial charge in [0.15, 0.2) is 0 Å². The Kier molecular flexibility index (Phi) is 3.61. The molecule has 0 amide bonds. The Balaban J connectivity index is 1.87. The summed E-state index contributed by atoms with van der Waals surface area (Å²) in [5.41, 5.74) is 4.33. The van der Waals surface area contributed by atoms with Gasteiger partial charge in [0, 0.05) is 16.6 Å². The number of carbonyl (C=O) groups is 1. The molecule has 0 saturated carbocycles. The van der Waals surface area contributed by atoms with Crippen LogP contribution in [0.25, 0.3) is 0 Å². The van der Waals surface area contributed by atoms with Crippen LogP contribution in [0.1, 0.15) is 45.4 Å². The summed E-state index contributed by atoms with van der Waals surface area (Å²) in [7, 11) is 0. The van der Waals surface area contributed by atoms with Gasteiger partial charge in [-0.1, -0.05) is 48.0 Å². The molecule has 0 unspecified atom stereocenters. The minimum Gasteiger partial charge on any atom is -0.478 e. The fraction of sp³-hybridized carbons (Fsp3) is 0.250. The monoisotopic (exact) mass is 339 g/mol. The maximum Gasteiger partial charge on any atom is 0.336 e. The van der Waals surface area contributed by atoms with Crippen LogP contribution in [0.4, 0.5) is 5.69 Å². The van der Waals surface area contributed by atoms with Crippen molar-refractivity contribution in [1.82, 2.24) is 0 Å². The summed E-state index contributed by atoms with van der Waals surface area (Å²) in [5.74, 6) is -0.202. The Labute approximate surface area is 146 Å². The van der Waals surface area contributed by atoms with Crippen LogP contribution >= 0.6 is 11.6 Å². The van der Waals surface area contributed by atoms with Gasteiger partial charge in [-0.15, -0.1) is 0 Å². The van der Waals surface area contributed by atoms with E-state index in [0.29, 0.717) is 17.4 Å². The molecule has 2 aliphatic rings. The molecule has 0 saturated heterocycles. The molecule has 4 heteroatoms. The van der Waals surface area contributed by atoms with Crippen molar-refractivity contribution < 1.29 is 9.90 Å². The molecule has 122 valence electrons. The molecule has 0 spiro atoms. The second-order valence-corrected chi connectivity index (χ2v) is 6.91. The first-order valence-corrected chi connectivity index (χ1v) is 8.50. The molecular formula is C20H18ClNO2. The lowest BCUT2D eigenvalue weighted by atomic mass is 9.76. The first-order valence-electron chi connectivity index (χ1n) is 8.12. The third-order valence-corrected chi connectivity index (χ3v) is 5.61. The standard InChI is InChI=1S/C20H18ClNO2/c1-11-12(20(23)24)9-10-15-13-6-4-7-14(13)19(22-18(11)15)16-5-2-3-8-17(16)21/h2-6,8-10,13-14,19,22H,7H2,1H3,(H,23,24)/t13-,14-,19+/m0/s1. The van der Waals surface area contributed by atoms with Gasteiger partial charge in [-0.25, -0.2) is 4.79 Å². The van der Waals surface area contributed by atoms with Crippen molar-refractivity contribution in [1.29, 1.82) is 0 Å². The summed E-state index contributed by atoms with van der Waals surface area (Å²) in [6.07, 6.45) is 5.46. The van der Waals surface area contributed by atoms with Gasteiger partial charge in [0.25, 0.3) is 0 Å². The van der Waals surface area contributed by atoms with E-state index in [1.807, 2.05) is 31.2 Å². The average Bonchev–Trinajstić information content (AvgIpc) is 3.05. The van der Waals surface area contributed by atoms with E-state index in [-0.39, 0.29) is 6.04 Å². The highest BCUT2D eigenvalue weighted by atomic mass is 35.5. The largest absolute Gasteiger partial charge is 0.478 e. The number of benzene rings is 2. The molecular weight excluding hydrogens is 322 g/mol. The predicted molar refractivity (Wildman–Crippen MR) is 95.9 cm³/mol. The summed E-state index contributed by atoms with van der Waals surface area (Å²) in [6, 6.07) is 11.6. The lowest BCUT2D eigenvalue weighted by molar-refractivity contribution is 0.0696. The zero-order valence-electron chi connectivity index (χ0n) is 13.3. The summed E-state index contributed by atoms with van der Waals surface area (Å²) in [6.45, 7) is 1.87. The summed E-state index contributed by atoms with van der Waals surface area (Å²) >= 11 is 6.44. The minimum atomic E-state index is -0.893. The van der Waals surface area contributed by atoms with Gasteiger partial charge in [-0.05, 0) is 48.1 Å². The van der Waals surface area contributed by atoms with Crippen molar-refractivity contribution >= 4 is 23.3 Å².